The first-order chi connectivity index (χ1) is 16.5. The van der Waals surface area contributed by atoms with Crippen molar-refractivity contribution >= 4 is 17.7 Å². The van der Waals surface area contributed by atoms with Crippen molar-refractivity contribution in [1.82, 2.24) is 20.1 Å². The van der Waals surface area contributed by atoms with Crippen LogP contribution < -0.4 is 10.1 Å². The van der Waals surface area contributed by atoms with Crippen LogP contribution in [0, 0.1) is 0 Å². The van der Waals surface area contributed by atoms with E-state index >= 15 is 0 Å². The Kier molecular flexibility index (Phi) is 7.37. The fraction of sp³-hybridized carbons (Fsp3) is 0.269. The molecule has 0 aliphatic rings. The van der Waals surface area contributed by atoms with Crippen molar-refractivity contribution in [3.8, 4) is 22.8 Å². The average Bonchev–Trinajstić information content (AvgIpc) is 3.53. The summed E-state index contributed by atoms with van der Waals surface area (Å²) in [7, 11) is 1.64. The number of carbonyl (C=O) groups is 1. The molecule has 2 aromatic carbocycles. The molecule has 0 radical (unpaired) electrons. The molecule has 1 atom stereocenters. The number of aromatic nitrogens is 3. The SMILES string of the molecule is COc1ccc(-c2nnc(SCC(=O)NC(C)c3ccco3)n2-c2ccccc2C(C)C)cc1. The van der Waals surface area contributed by atoms with Crippen molar-refractivity contribution in [2.75, 3.05) is 12.9 Å². The van der Waals surface area contributed by atoms with Crippen LogP contribution in [-0.2, 0) is 4.79 Å². The lowest BCUT2D eigenvalue weighted by Crippen LogP contribution is -2.28. The highest BCUT2D eigenvalue weighted by Crippen LogP contribution is 2.32. The Morgan fingerprint density at radius 1 is 1.06 bits per heavy atom. The number of methoxy groups -OCH3 is 1. The van der Waals surface area contributed by atoms with Gasteiger partial charge in [-0.25, -0.2) is 0 Å². The van der Waals surface area contributed by atoms with Gasteiger partial charge in [-0.1, -0.05) is 43.8 Å². The zero-order chi connectivity index (χ0) is 24.1. The number of hydrogen-bond donors (Lipinski definition) is 1. The van der Waals surface area contributed by atoms with Crippen LogP contribution in [0.5, 0.6) is 5.75 Å². The predicted molar refractivity (Wildman–Crippen MR) is 133 cm³/mol. The maximum absolute atomic E-state index is 12.6. The highest BCUT2D eigenvalue weighted by atomic mass is 32.2. The Morgan fingerprint density at radius 3 is 2.50 bits per heavy atom. The van der Waals surface area contributed by atoms with Gasteiger partial charge in [0.1, 0.15) is 11.5 Å². The number of carbonyl (C=O) groups excluding carboxylic acids is 1. The molecule has 34 heavy (non-hydrogen) atoms. The van der Waals surface area contributed by atoms with Gasteiger partial charge in [0.05, 0.1) is 30.9 Å². The van der Waals surface area contributed by atoms with Crippen molar-refractivity contribution < 1.29 is 13.9 Å². The van der Waals surface area contributed by atoms with Gasteiger partial charge in [-0.3, -0.25) is 9.36 Å². The van der Waals surface area contributed by atoms with Gasteiger partial charge in [-0.2, -0.15) is 0 Å². The number of para-hydroxylation sites is 1. The van der Waals surface area contributed by atoms with E-state index in [-0.39, 0.29) is 17.7 Å². The van der Waals surface area contributed by atoms with Gasteiger partial charge in [0.15, 0.2) is 11.0 Å². The van der Waals surface area contributed by atoms with Crippen molar-refractivity contribution in [1.29, 1.82) is 0 Å². The molecule has 0 saturated heterocycles. The van der Waals surface area contributed by atoms with Crippen molar-refractivity contribution in [3.63, 3.8) is 0 Å². The van der Waals surface area contributed by atoms with Gasteiger partial charge in [-0.15, -0.1) is 10.2 Å². The molecule has 4 aromatic rings. The number of hydrogen-bond acceptors (Lipinski definition) is 6. The normalized spacial score (nSPS) is 12.0. The summed E-state index contributed by atoms with van der Waals surface area (Å²) in [5.74, 6) is 2.60. The van der Waals surface area contributed by atoms with Crippen LogP contribution in [0.1, 0.15) is 44.1 Å². The van der Waals surface area contributed by atoms with E-state index < -0.39 is 0 Å². The number of nitrogens with zero attached hydrogens (tertiary/aromatic N) is 3. The number of thioether (sulfide) groups is 1. The second kappa shape index (κ2) is 10.6. The third-order valence-corrected chi connectivity index (χ3v) is 6.39. The Morgan fingerprint density at radius 2 is 1.82 bits per heavy atom. The molecule has 2 aromatic heterocycles. The molecule has 1 amide bonds. The summed E-state index contributed by atoms with van der Waals surface area (Å²) in [4.78, 5) is 12.6. The van der Waals surface area contributed by atoms with Crippen LogP contribution in [0.3, 0.4) is 0 Å². The molecule has 1 N–H and O–H groups in total. The van der Waals surface area contributed by atoms with Crippen LogP contribution in [0.4, 0.5) is 0 Å². The highest BCUT2D eigenvalue weighted by molar-refractivity contribution is 7.99. The van der Waals surface area contributed by atoms with Crippen molar-refractivity contribution in [2.45, 2.75) is 37.9 Å². The molecule has 8 heteroatoms. The van der Waals surface area contributed by atoms with Gasteiger partial charge in [-0.05, 0) is 60.9 Å². The van der Waals surface area contributed by atoms with Crippen molar-refractivity contribution in [2.24, 2.45) is 0 Å². The van der Waals surface area contributed by atoms with E-state index in [0.29, 0.717) is 22.7 Å². The molecule has 0 bridgehead atoms. The van der Waals surface area contributed by atoms with Crippen LogP contribution in [-0.4, -0.2) is 33.5 Å². The third-order valence-electron chi connectivity index (χ3n) is 5.46. The lowest BCUT2D eigenvalue weighted by Gasteiger charge is -2.17. The van der Waals surface area contributed by atoms with Gasteiger partial charge in [0, 0.05) is 5.56 Å². The average molecular weight is 477 g/mol. The molecule has 7 nitrogen and oxygen atoms in total. The molecule has 0 fully saturated rings. The summed E-state index contributed by atoms with van der Waals surface area (Å²) in [5.41, 5.74) is 3.09. The van der Waals surface area contributed by atoms with Gasteiger partial charge in [0.2, 0.25) is 5.91 Å². The standard InChI is InChI=1S/C26H28N4O3S/c1-17(2)21-8-5-6-9-22(21)30-25(19-11-13-20(32-4)14-12-19)28-29-26(30)34-16-24(31)27-18(3)23-10-7-15-33-23/h5-15,17-18H,16H2,1-4H3,(H,27,31). The second-order valence-corrected chi connectivity index (χ2v) is 9.12. The quantitative estimate of drug-likeness (QED) is 0.315. The molecule has 4 rings (SSSR count). The number of benzene rings is 2. The summed E-state index contributed by atoms with van der Waals surface area (Å²) < 4.78 is 12.7. The Labute approximate surface area is 203 Å². The number of furan rings is 1. The number of ether oxygens (including phenoxy) is 1. The molecule has 2 heterocycles. The molecule has 0 aliphatic carbocycles. The fourth-order valence-electron chi connectivity index (χ4n) is 3.71. The van der Waals surface area contributed by atoms with Gasteiger partial charge < -0.3 is 14.5 Å². The second-order valence-electron chi connectivity index (χ2n) is 8.18. The van der Waals surface area contributed by atoms with Crippen LogP contribution in [0.25, 0.3) is 17.1 Å². The minimum Gasteiger partial charge on any atom is -0.497 e. The molecule has 1 unspecified atom stereocenters. The molecular weight excluding hydrogens is 448 g/mol. The number of amides is 1. The summed E-state index contributed by atoms with van der Waals surface area (Å²) in [6.07, 6.45) is 1.60. The first kappa shape index (κ1) is 23.6. The number of rotatable bonds is 9. The highest BCUT2D eigenvalue weighted by Gasteiger charge is 2.21. The van der Waals surface area contributed by atoms with E-state index in [1.54, 1.807) is 13.4 Å². The molecule has 176 valence electrons. The summed E-state index contributed by atoms with van der Waals surface area (Å²) in [6.45, 7) is 6.21. The minimum atomic E-state index is -0.211. The molecule has 0 saturated carbocycles. The van der Waals surface area contributed by atoms with Crippen LogP contribution >= 0.6 is 11.8 Å². The maximum Gasteiger partial charge on any atom is 0.231 e. The van der Waals surface area contributed by atoms with E-state index in [9.17, 15) is 4.79 Å². The van der Waals surface area contributed by atoms with Crippen LogP contribution in [0.15, 0.2) is 76.5 Å². The molecular formula is C26H28N4O3S. The minimum absolute atomic E-state index is 0.105. The summed E-state index contributed by atoms with van der Waals surface area (Å²) in [5, 5.41) is 12.6. The first-order valence-corrected chi connectivity index (χ1v) is 12.1. The van der Waals surface area contributed by atoms with E-state index in [4.69, 9.17) is 9.15 Å². The summed E-state index contributed by atoms with van der Waals surface area (Å²) >= 11 is 1.35. The van der Waals surface area contributed by atoms with E-state index in [1.807, 2.05) is 60.0 Å². The van der Waals surface area contributed by atoms with E-state index in [0.717, 1.165) is 17.0 Å². The number of nitrogens with one attached hydrogen (secondary N) is 1. The third kappa shape index (κ3) is 5.17. The van der Waals surface area contributed by atoms with Gasteiger partial charge >= 0.3 is 0 Å². The van der Waals surface area contributed by atoms with E-state index in [1.165, 1.54) is 17.3 Å². The Hall–Kier alpha value is -3.52. The monoisotopic (exact) mass is 476 g/mol. The molecule has 0 spiro atoms. The van der Waals surface area contributed by atoms with Crippen LogP contribution in [0.2, 0.25) is 0 Å². The topological polar surface area (TPSA) is 82.2 Å². The predicted octanol–water partition coefficient (Wildman–Crippen LogP) is 5.63. The first-order valence-electron chi connectivity index (χ1n) is 11.1. The van der Waals surface area contributed by atoms with Gasteiger partial charge in [0.25, 0.3) is 0 Å². The maximum atomic E-state index is 12.6. The van der Waals surface area contributed by atoms with Crippen molar-refractivity contribution in [3.05, 3.63) is 78.3 Å². The molecule has 0 aliphatic heterocycles. The zero-order valence-electron chi connectivity index (χ0n) is 19.7. The fourth-order valence-corrected chi connectivity index (χ4v) is 4.47. The lowest BCUT2D eigenvalue weighted by atomic mass is 10.0. The zero-order valence-corrected chi connectivity index (χ0v) is 20.5. The smallest absolute Gasteiger partial charge is 0.231 e. The largest absolute Gasteiger partial charge is 0.497 e. The van der Waals surface area contributed by atoms with E-state index in [2.05, 4.69) is 41.5 Å². The Bertz CT molecular complexity index is 1230. The Balaban J connectivity index is 1.65. The summed E-state index contributed by atoms with van der Waals surface area (Å²) in [6, 6.07) is 19.4. The lowest BCUT2D eigenvalue weighted by molar-refractivity contribution is -0.119.